The summed E-state index contributed by atoms with van der Waals surface area (Å²) >= 11 is 1.71. The van der Waals surface area contributed by atoms with Crippen LogP contribution in [0.3, 0.4) is 0 Å². The predicted octanol–water partition coefficient (Wildman–Crippen LogP) is 2.00. The third kappa shape index (κ3) is 2.66. The zero-order valence-corrected chi connectivity index (χ0v) is 9.24. The number of aromatic nitrogens is 2. The molecule has 0 saturated carbocycles. The van der Waals surface area contributed by atoms with E-state index in [0.717, 1.165) is 12.8 Å². The lowest BCUT2D eigenvalue weighted by atomic mass is 10.2. The molecule has 0 saturated heterocycles. The number of carboxylic acid groups (broad SMARTS) is 1. The van der Waals surface area contributed by atoms with Crippen molar-refractivity contribution in [3.63, 3.8) is 0 Å². The number of carboxylic acids is 1. The van der Waals surface area contributed by atoms with Crippen molar-refractivity contribution >= 4 is 17.3 Å². The summed E-state index contributed by atoms with van der Waals surface area (Å²) < 4.78 is 4.95. The number of aromatic carboxylic acids is 1. The smallest absolute Gasteiger partial charge is 0.393 e. The van der Waals surface area contributed by atoms with E-state index < -0.39 is 5.97 Å². The minimum absolute atomic E-state index is 0.342. The highest BCUT2D eigenvalue weighted by atomic mass is 32.1. The Hall–Kier alpha value is -1.69. The van der Waals surface area contributed by atoms with E-state index in [-0.39, 0.29) is 5.89 Å². The van der Waals surface area contributed by atoms with E-state index in [1.807, 2.05) is 11.4 Å². The summed E-state index contributed by atoms with van der Waals surface area (Å²) in [5.41, 5.74) is 0. The Morgan fingerprint density at radius 1 is 1.44 bits per heavy atom. The number of hydrogen-bond acceptors (Lipinski definition) is 5. The third-order valence-electron chi connectivity index (χ3n) is 2.04. The fourth-order valence-corrected chi connectivity index (χ4v) is 2.06. The molecule has 0 amide bonds. The maximum Gasteiger partial charge on any atom is 0.393 e. The second-order valence-electron chi connectivity index (χ2n) is 3.24. The lowest BCUT2D eigenvalue weighted by Crippen LogP contribution is -1.95. The Kier molecular flexibility index (Phi) is 3.31. The van der Waals surface area contributed by atoms with Crippen LogP contribution in [0.25, 0.3) is 0 Å². The van der Waals surface area contributed by atoms with Crippen LogP contribution in [-0.4, -0.2) is 21.3 Å². The van der Waals surface area contributed by atoms with E-state index in [1.165, 1.54) is 4.88 Å². The van der Waals surface area contributed by atoms with Gasteiger partial charge in [0.15, 0.2) is 0 Å². The third-order valence-corrected chi connectivity index (χ3v) is 2.98. The van der Waals surface area contributed by atoms with Crippen LogP contribution in [0, 0.1) is 0 Å². The van der Waals surface area contributed by atoms with Gasteiger partial charge in [0.05, 0.1) is 0 Å². The SMILES string of the molecule is O=C(O)c1nnc(CCCc2cccs2)o1. The van der Waals surface area contributed by atoms with Crippen molar-refractivity contribution in [2.24, 2.45) is 0 Å². The Morgan fingerprint density at radius 3 is 2.94 bits per heavy atom. The van der Waals surface area contributed by atoms with Gasteiger partial charge in [-0.15, -0.1) is 21.5 Å². The maximum absolute atomic E-state index is 10.5. The Labute approximate surface area is 95.7 Å². The number of aryl methyl sites for hydroxylation is 2. The summed E-state index contributed by atoms with van der Waals surface area (Å²) in [5.74, 6) is -1.14. The molecule has 0 aliphatic carbocycles. The lowest BCUT2D eigenvalue weighted by Gasteiger charge is -1.93. The van der Waals surface area contributed by atoms with Crippen LogP contribution >= 0.6 is 11.3 Å². The Morgan fingerprint density at radius 2 is 2.31 bits per heavy atom. The molecule has 2 heterocycles. The molecule has 0 aliphatic heterocycles. The second-order valence-corrected chi connectivity index (χ2v) is 4.27. The van der Waals surface area contributed by atoms with E-state index in [2.05, 4.69) is 16.3 Å². The standard InChI is InChI=1S/C10H10N2O3S/c13-10(14)9-12-11-8(15-9)5-1-3-7-4-2-6-16-7/h2,4,6H,1,3,5H2,(H,13,14). The molecule has 0 unspecified atom stereocenters. The first kappa shape index (κ1) is 10.8. The first-order valence-electron chi connectivity index (χ1n) is 4.84. The molecule has 0 spiro atoms. The number of thiophene rings is 1. The zero-order chi connectivity index (χ0) is 11.4. The number of rotatable bonds is 5. The van der Waals surface area contributed by atoms with Crippen molar-refractivity contribution in [3.05, 3.63) is 34.2 Å². The Balaban J connectivity index is 1.83. The van der Waals surface area contributed by atoms with Crippen LogP contribution in [0.4, 0.5) is 0 Å². The van der Waals surface area contributed by atoms with Crippen molar-refractivity contribution in [1.29, 1.82) is 0 Å². The fraction of sp³-hybridized carbons (Fsp3) is 0.300. The highest BCUT2D eigenvalue weighted by Gasteiger charge is 2.12. The minimum Gasteiger partial charge on any atom is -0.474 e. The molecule has 0 radical (unpaired) electrons. The number of nitrogens with zero attached hydrogens (tertiary/aromatic N) is 2. The first-order chi connectivity index (χ1) is 7.75. The zero-order valence-electron chi connectivity index (χ0n) is 8.42. The molecule has 2 aromatic heterocycles. The van der Waals surface area contributed by atoms with E-state index in [0.29, 0.717) is 12.3 Å². The summed E-state index contributed by atoms with van der Waals surface area (Å²) in [6.07, 6.45) is 2.43. The number of carbonyl (C=O) groups is 1. The summed E-state index contributed by atoms with van der Waals surface area (Å²) in [5, 5.41) is 17.7. The van der Waals surface area contributed by atoms with Gasteiger partial charge in [-0.1, -0.05) is 6.07 Å². The monoisotopic (exact) mass is 238 g/mol. The van der Waals surface area contributed by atoms with Gasteiger partial charge in [0.2, 0.25) is 5.89 Å². The van der Waals surface area contributed by atoms with E-state index in [1.54, 1.807) is 11.3 Å². The second kappa shape index (κ2) is 4.89. The molecule has 16 heavy (non-hydrogen) atoms. The largest absolute Gasteiger partial charge is 0.474 e. The van der Waals surface area contributed by atoms with Gasteiger partial charge in [-0.2, -0.15) is 0 Å². The summed E-state index contributed by atoms with van der Waals surface area (Å²) in [4.78, 5) is 11.8. The fourth-order valence-electron chi connectivity index (χ4n) is 1.31. The van der Waals surface area contributed by atoms with Crippen LogP contribution in [-0.2, 0) is 12.8 Å². The van der Waals surface area contributed by atoms with Crippen LogP contribution in [0.5, 0.6) is 0 Å². The summed E-state index contributed by atoms with van der Waals surface area (Å²) in [6, 6.07) is 4.08. The Bertz CT molecular complexity index is 464. The van der Waals surface area contributed by atoms with Crippen LogP contribution in [0.15, 0.2) is 21.9 Å². The maximum atomic E-state index is 10.5. The average molecular weight is 238 g/mol. The lowest BCUT2D eigenvalue weighted by molar-refractivity contribution is 0.0651. The molecule has 0 fully saturated rings. The van der Waals surface area contributed by atoms with Crippen LogP contribution in [0.2, 0.25) is 0 Å². The van der Waals surface area contributed by atoms with Crippen LogP contribution in [0.1, 0.15) is 27.9 Å². The normalized spacial score (nSPS) is 10.5. The molecule has 5 nitrogen and oxygen atoms in total. The van der Waals surface area contributed by atoms with Gasteiger partial charge in [-0.05, 0) is 24.3 Å². The van der Waals surface area contributed by atoms with Crippen molar-refractivity contribution in [1.82, 2.24) is 10.2 Å². The van der Waals surface area contributed by atoms with Gasteiger partial charge >= 0.3 is 11.9 Å². The quantitative estimate of drug-likeness (QED) is 0.862. The molecule has 6 heteroatoms. The molecule has 1 N–H and O–H groups in total. The van der Waals surface area contributed by atoms with Gasteiger partial charge in [-0.25, -0.2) is 4.79 Å². The van der Waals surface area contributed by atoms with E-state index in [4.69, 9.17) is 9.52 Å². The molecule has 0 bridgehead atoms. The van der Waals surface area contributed by atoms with Gasteiger partial charge in [0.25, 0.3) is 0 Å². The molecule has 0 aromatic carbocycles. The van der Waals surface area contributed by atoms with Crippen LogP contribution < -0.4 is 0 Å². The number of hydrogen-bond donors (Lipinski definition) is 1. The van der Waals surface area contributed by atoms with E-state index in [9.17, 15) is 4.79 Å². The van der Waals surface area contributed by atoms with Gasteiger partial charge < -0.3 is 9.52 Å². The van der Waals surface area contributed by atoms with Gasteiger partial charge in [0, 0.05) is 11.3 Å². The van der Waals surface area contributed by atoms with Gasteiger partial charge in [-0.3, -0.25) is 0 Å². The molecular weight excluding hydrogens is 228 g/mol. The highest BCUT2D eigenvalue weighted by molar-refractivity contribution is 7.09. The highest BCUT2D eigenvalue weighted by Crippen LogP contribution is 2.12. The summed E-state index contributed by atoms with van der Waals surface area (Å²) in [7, 11) is 0. The first-order valence-corrected chi connectivity index (χ1v) is 5.72. The van der Waals surface area contributed by atoms with E-state index >= 15 is 0 Å². The molecule has 2 rings (SSSR count). The molecule has 2 aromatic rings. The predicted molar refractivity (Wildman–Crippen MR) is 57.6 cm³/mol. The van der Waals surface area contributed by atoms with Gasteiger partial charge in [0.1, 0.15) is 0 Å². The average Bonchev–Trinajstić information content (AvgIpc) is 2.87. The van der Waals surface area contributed by atoms with Crippen molar-refractivity contribution < 1.29 is 14.3 Å². The molecule has 0 aliphatic rings. The van der Waals surface area contributed by atoms with Crippen molar-refractivity contribution in [3.8, 4) is 0 Å². The minimum atomic E-state index is -1.18. The van der Waals surface area contributed by atoms with Crippen molar-refractivity contribution in [2.45, 2.75) is 19.3 Å². The molecule has 84 valence electrons. The topological polar surface area (TPSA) is 76.2 Å². The summed E-state index contributed by atoms with van der Waals surface area (Å²) in [6.45, 7) is 0. The van der Waals surface area contributed by atoms with Crippen molar-refractivity contribution in [2.75, 3.05) is 0 Å². The molecule has 0 atom stereocenters. The molecular formula is C10H10N2O3S.